The average Bonchev–Trinajstić information content (AvgIpc) is 3.46. The molecule has 7 nitrogen and oxygen atoms in total. The van der Waals surface area contributed by atoms with E-state index in [1.807, 2.05) is 4.90 Å². The molecule has 1 saturated carbocycles. The Labute approximate surface area is 187 Å². The van der Waals surface area contributed by atoms with Crippen molar-refractivity contribution >= 4 is 40.0 Å². The van der Waals surface area contributed by atoms with E-state index in [-0.39, 0.29) is 17.4 Å². The van der Waals surface area contributed by atoms with Crippen molar-refractivity contribution < 1.29 is 18.4 Å². The Bertz CT molecular complexity index is 943. The smallest absolute Gasteiger partial charge is 0.254 e. The Morgan fingerprint density at radius 2 is 1.84 bits per heavy atom. The van der Waals surface area contributed by atoms with Crippen molar-refractivity contribution in [3.8, 4) is 0 Å². The third kappa shape index (κ3) is 5.51. The van der Waals surface area contributed by atoms with Crippen LogP contribution >= 0.6 is 23.1 Å². The van der Waals surface area contributed by atoms with Crippen LogP contribution in [0.25, 0.3) is 0 Å². The summed E-state index contributed by atoms with van der Waals surface area (Å²) < 4.78 is 27.2. The summed E-state index contributed by atoms with van der Waals surface area (Å²) in [7, 11) is 0. The highest BCUT2D eigenvalue weighted by molar-refractivity contribution is 8.01. The number of amides is 2. The topological polar surface area (TPSA) is 78.4 Å². The SMILES string of the molecule is O=C(CSc1nnc(N2CCN(C(=O)c3ccc(F)c(F)c3)CC2)s1)NC1CCCC1. The van der Waals surface area contributed by atoms with Crippen LogP contribution in [-0.4, -0.2) is 64.9 Å². The molecule has 1 aromatic heterocycles. The molecule has 0 atom stereocenters. The number of hydrogen-bond donors (Lipinski definition) is 1. The second-order valence-corrected chi connectivity index (χ2v) is 9.77. The Kier molecular flexibility index (Phi) is 7.01. The van der Waals surface area contributed by atoms with Gasteiger partial charge in [0.05, 0.1) is 5.75 Å². The molecule has 1 aromatic carbocycles. The van der Waals surface area contributed by atoms with Crippen LogP contribution in [0.5, 0.6) is 0 Å². The molecule has 0 spiro atoms. The monoisotopic (exact) mass is 467 g/mol. The number of anilines is 1. The van der Waals surface area contributed by atoms with Crippen LogP contribution in [0.1, 0.15) is 36.0 Å². The molecule has 2 aromatic rings. The van der Waals surface area contributed by atoms with Gasteiger partial charge in [-0.15, -0.1) is 10.2 Å². The van der Waals surface area contributed by atoms with E-state index in [2.05, 4.69) is 15.5 Å². The van der Waals surface area contributed by atoms with Crippen LogP contribution in [0, 0.1) is 11.6 Å². The first-order valence-electron chi connectivity index (χ1n) is 10.2. The number of rotatable bonds is 6. The highest BCUT2D eigenvalue weighted by Crippen LogP contribution is 2.29. The first kappa shape index (κ1) is 21.9. The fourth-order valence-corrected chi connectivity index (χ4v) is 5.47. The molecule has 4 rings (SSSR count). The Morgan fingerprint density at radius 1 is 1.10 bits per heavy atom. The minimum Gasteiger partial charge on any atom is -0.353 e. The third-order valence-electron chi connectivity index (χ3n) is 5.45. The fourth-order valence-electron chi connectivity index (χ4n) is 3.77. The Morgan fingerprint density at radius 3 is 2.55 bits per heavy atom. The van der Waals surface area contributed by atoms with Crippen molar-refractivity contribution in [2.45, 2.75) is 36.1 Å². The molecule has 0 radical (unpaired) electrons. The lowest BCUT2D eigenvalue weighted by Gasteiger charge is -2.34. The standard InChI is InChI=1S/C20H23F2N5O2S2/c21-15-6-5-13(11-16(15)22)18(29)26-7-9-27(10-8-26)19-24-25-20(31-19)30-12-17(28)23-14-3-1-2-4-14/h5-6,11,14H,1-4,7-10,12H2,(H,23,28). The molecule has 0 unspecified atom stereocenters. The highest BCUT2D eigenvalue weighted by Gasteiger charge is 2.25. The number of piperazine rings is 1. The lowest BCUT2D eigenvalue weighted by atomic mass is 10.1. The number of thioether (sulfide) groups is 1. The molecule has 1 N–H and O–H groups in total. The van der Waals surface area contributed by atoms with Crippen LogP contribution in [0.3, 0.4) is 0 Å². The normalized spacial score (nSPS) is 17.2. The van der Waals surface area contributed by atoms with E-state index in [4.69, 9.17) is 0 Å². The van der Waals surface area contributed by atoms with Gasteiger partial charge in [-0.2, -0.15) is 0 Å². The van der Waals surface area contributed by atoms with E-state index in [1.165, 1.54) is 42.0 Å². The van der Waals surface area contributed by atoms with Gasteiger partial charge in [-0.25, -0.2) is 8.78 Å². The van der Waals surface area contributed by atoms with E-state index in [0.717, 1.165) is 34.4 Å². The maximum atomic E-state index is 13.4. The number of carbonyl (C=O) groups is 2. The lowest BCUT2D eigenvalue weighted by molar-refractivity contribution is -0.119. The first-order chi connectivity index (χ1) is 15.0. The van der Waals surface area contributed by atoms with Gasteiger partial charge in [0, 0.05) is 37.8 Å². The van der Waals surface area contributed by atoms with E-state index in [0.29, 0.717) is 38.0 Å². The predicted molar refractivity (Wildman–Crippen MR) is 116 cm³/mol. The van der Waals surface area contributed by atoms with Gasteiger partial charge in [0.2, 0.25) is 11.0 Å². The van der Waals surface area contributed by atoms with Gasteiger partial charge < -0.3 is 15.1 Å². The highest BCUT2D eigenvalue weighted by atomic mass is 32.2. The maximum Gasteiger partial charge on any atom is 0.254 e. The molecule has 31 heavy (non-hydrogen) atoms. The molecular weight excluding hydrogens is 444 g/mol. The number of nitrogens with one attached hydrogen (secondary N) is 1. The van der Waals surface area contributed by atoms with Crippen molar-refractivity contribution in [1.29, 1.82) is 0 Å². The summed E-state index contributed by atoms with van der Waals surface area (Å²) in [5.74, 6) is -1.97. The van der Waals surface area contributed by atoms with Crippen molar-refractivity contribution in [3.05, 3.63) is 35.4 Å². The summed E-state index contributed by atoms with van der Waals surface area (Å²) >= 11 is 2.80. The first-order valence-corrected chi connectivity index (χ1v) is 12.0. The molecule has 166 valence electrons. The summed E-state index contributed by atoms with van der Waals surface area (Å²) in [6, 6.07) is 3.50. The van der Waals surface area contributed by atoms with Crippen LogP contribution in [0.15, 0.2) is 22.5 Å². The number of benzene rings is 1. The number of carbonyl (C=O) groups excluding carboxylic acids is 2. The predicted octanol–water partition coefficient (Wildman–Crippen LogP) is 2.93. The van der Waals surface area contributed by atoms with E-state index in [9.17, 15) is 18.4 Å². The second kappa shape index (κ2) is 9.90. The van der Waals surface area contributed by atoms with Crippen molar-refractivity contribution in [3.63, 3.8) is 0 Å². The number of halogens is 2. The summed E-state index contributed by atoms with van der Waals surface area (Å²) in [5, 5.41) is 12.2. The molecule has 2 amide bonds. The summed E-state index contributed by atoms with van der Waals surface area (Å²) in [6.07, 6.45) is 4.48. The largest absolute Gasteiger partial charge is 0.353 e. The minimum atomic E-state index is -1.03. The zero-order chi connectivity index (χ0) is 21.8. The van der Waals surface area contributed by atoms with Crippen LogP contribution < -0.4 is 10.2 Å². The van der Waals surface area contributed by atoms with Gasteiger partial charge in [-0.1, -0.05) is 35.9 Å². The molecule has 2 fully saturated rings. The molecule has 2 aliphatic rings. The zero-order valence-electron chi connectivity index (χ0n) is 16.9. The van der Waals surface area contributed by atoms with Gasteiger partial charge in [-0.05, 0) is 31.0 Å². The molecular formula is C20H23F2N5O2S2. The van der Waals surface area contributed by atoms with Crippen LogP contribution in [0.2, 0.25) is 0 Å². The van der Waals surface area contributed by atoms with E-state index in [1.54, 1.807) is 4.90 Å². The number of nitrogens with zero attached hydrogens (tertiary/aromatic N) is 4. The van der Waals surface area contributed by atoms with E-state index < -0.39 is 11.6 Å². The van der Waals surface area contributed by atoms with Gasteiger partial charge in [0.25, 0.3) is 5.91 Å². The van der Waals surface area contributed by atoms with Crippen molar-refractivity contribution in [1.82, 2.24) is 20.4 Å². The molecule has 2 heterocycles. The average molecular weight is 468 g/mol. The molecule has 11 heteroatoms. The van der Waals surface area contributed by atoms with Crippen LogP contribution in [0.4, 0.5) is 13.9 Å². The third-order valence-corrected chi connectivity index (χ3v) is 7.56. The zero-order valence-corrected chi connectivity index (χ0v) is 18.5. The Balaban J connectivity index is 1.25. The van der Waals surface area contributed by atoms with Crippen LogP contribution in [-0.2, 0) is 4.79 Å². The minimum absolute atomic E-state index is 0.0259. The summed E-state index contributed by atoms with van der Waals surface area (Å²) in [6.45, 7) is 2.03. The molecule has 0 bridgehead atoms. The summed E-state index contributed by atoms with van der Waals surface area (Å²) in [4.78, 5) is 28.3. The fraction of sp³-hybridized carbons (Fsp3) is 0.500. The Hall–Kier alpha value is -2.27. The van der Waals surface area contributed by atoms with Gasteiger partial charge in [0.1, 0.15) is 0 Å². The maximum absolute atomic E-state index is 13.4. The van der Waals surface area contributed by atoms with Gasteiger partial charge >= 0.3 is 0 Å². The molecule has 1 aliphatic heterocycles. The molecule has 1 aliphatic carbocycles. The molecule has 1 saturated heterocycles. The summed E-state index contributed by atoms with van der Waals surface area (Å²) in [5.41, 5.74) is 0.137. The number of hydrogen-bond acceptors (Lipinski definition) is 7. The van der Waals surface area contributed by atoms with Crippen molar-refractivity contribution in [2.24, 2.45) is 0 Å². The second-order valence-electron chi connectivity index (χ2n) is 7.60. The van der Waals surface area contributed by atoms with E-state index >= 15 is 0 Å². The van der Waals surface area contributed by atoms with Crippen molar-refractivity contribution in [2.75, 3.05) is 36.8 Å². The quantitative estimate of drug-likeness (QED) is 0.659. The lowest BCUT2D eigenvalue weighted by Crippen LogP contribution is -2.48. The van der Waals surface area contributed by atoms with Gasteiger partial charge in [0.15, 0.2) is 16.0 Å². The van der Waals surface area contributed by atoms with Gasteiger partial charge in [-0.3, -0.25) is 9.59 Å². The number of aromatic nitrogens is 2.